The molecule has 1 fully saturated rings. The zero-order valence-electron chi connectivity index (χ0n) is 6.90. The fraction of sp³-hybridized carbons (Fsp3) is 0.556. The van der Waals surface area contributed by atoms with Crippen LogP contribution in [0.15, 0.2) is 18.6 Å². The highest BCUT2D eigenvalue weighted by molar-refractivity contribution is 5.18. The van der Waals surface area contributed by atoms with Crippen molar-refractivity contribution in [3.05, 3.63) is 24.3 Å². The van der Waals surface area contributed by atoms with Crippen LogP contribution in [0.2, 0.25) is 0 Å². The van der Waals surface area contributed by atoms with Crippen LogP contribution in [-0.4, -0.2) is 21.7 Å². The van der Waals surface area contributed by atoms with Gasteiger partial charge in [-0.25, -0.2) is 9.97 Å². The van der Waals surface area contributed by atoms with E-state index in [1.54, 1.807) is 12.5 Å². The van der Waals surface area contributed by atoms with Gasteiger partial charge in [-0.3, -0.25) is 0 Å². The molecule has 0 atom stereocenters. The predicted octanol–water partition coefficient (Wildman–Crippen LogP) is 0.891. The molecule has 0 amide bonds. The Kier molecular flexibility index (Phi) is 1.81. The molecule has 64 valence electrons. The van der Waals surface area contributed by atoms with Crippen molar-refractivity contribution in [3.63, 3.8) is 0 Å². The van der Waals surface area contributed by atoms with E-state index in [-0.39, 0.29) is 12.0 Å². The van der Waals surface area contributed by atoms with Crippen molar-refractivity contribution in [2.45, 2.75) is 24.7 Å². The van der Waals surface area contributed by atoms with Gasteiger partial charge >= 0.3 is 0 Å². The summed E-state index contributed by atoms with van der Waals surface area (Å²) in [4.78, 5) is 8.03. The van der Waals surface area contributed by atoms with Crippen LogP contribution in [-0.2, 0) is 5.41 Å². The lowest BCUT2D eigenvalue weighted by Crippen LogP contribution is -2.38. The molecule has 0 spiro atoms. The summed E-state index contributed by atoms with van der Waals surface area (Å²) in [5.41, 5.74) is 0.953. The van der Waals surface area contributed by atoms with E-state index in [0.29, 0.717) is 0 Å². The molecule has 3 heteroatoms. The largest absolute Gasteiger partial charge is 0.395 e. The molecule has 1 aliphatic rings. The molecular formula is C9H12N2O. The Morgan fingerprint density at radius 3 is 2.75 bits per heavy atom. The first-order valence-electron chi connectivity index (χ1n) is 4.25. The van der Waals surface area contributed by atoms with Gasteiger partial charge in [0.1, 0.15) is 6.33 Å². The van der Waals surface area contributed by atoms with Crippen molar-refractivity contribution in [2.24, 2.45) is 0 Å². The lowest BCUT2D eigenvalue weighted by molar-refractivity contribution is 0.116. The second kappa shape index (κ2) is 2.83. The Hall–Kier alpha value is -0.960. The van der Waals surface area contributed by atoms with E-state index < -0.39 is 0 Å². The second-order valence-electron chi connectivity index (χ2n) is 3.39. The van der Waals surface area contributed by atoms with Crippen molar-refractivity contribution in [3.8, 4) is 0 Å². The molecule has 0 radical (unpaired) electrons. The lowest BCUT2D eigenvalue weighted by atomic mass is 9.67. The van der Waals surface area contributed by atoms with Gasteiger partial charge < -0.3 is 5.11 Å². The minimum atomic E-state index is -0.0387. The van der Waals surface area contributed by atoms with Gasteiger partial charge in [0.05, 0.1) is 12.3 Å². The molecule has 1 N–H and O–H groups in total. The Morgan fingerprint density at radius 2 is 2.33 bits per heavy atom. The Bertz CT molecular complexity index is 251. The first-order chi connectivity index (χ1) is 5.87. The van der Waals surface area contributed by atoms with Crippen molar-refractivity contribution in [1.82, 2.24) is 9.97 Å². The van der Waals surface area contributed by atoms with Gasteiger partial charge in [-0.15, -0.1) is 0 Å². The zero-order valence-corrected chi connectivity index (χ0v) is 6.90. The van der Waals surface area contributed by atoms with Crippen LogP contribution in [0.25, 0.3) is 0 Å². The normalized spacial score (nSPS) is 20.1. The van der Waals surface area contributed by atoms with E-state index in [2.05, 4.69) is 9.97 Å². The molecule has 1 aliphatic carbocycles. The van der Waals surface area contributed by atoms with Crippen molar-refractivity contribution >= 4 is 0 Å². The fourth-order valence-corrected chi connectivity index (χ4v) is 1.70. The molecule has 12 heavy (non-hydrogen) atoms. The van der Waals surface area contributed by atoms with Crippen molar-refractivity contribution in [1.29, 1.82) is 0 Å². The topological polar surface area (TPSA) is 46.0 Å². The van der Waals surface area contributed by atoms with Crippen molar-refractivity contribution < 1.29 is 5.11 Å². The SMILES string of the molecule is OCC1(c2ccncn2)CCC1. The molecule has 0 aromatic carbocycles. The second-order valence-corrected chi connectivity index (χ2v) is 3.39. The van der Waals surface area contributed by atoms with Gasteiger partial charge in [-0.05, 0) is 18.9 Å². The summed E-state index contributed by atoms with van der Waals surface area (Å²) in [6.45, 7) is 0.212. The van der Waals surface area contributed by atoms with E-state index in [0.717, 1.165) is 18.5 Å². The van der Waals surface area contributed by atoms with Crippen LogP contribution in [0.4, 0.5) is 0 Å². The first kappa shape index (κ1) is 7.68. The quantitative estimate of drug-likeness (QED) is 0.706. The number of nitrogens with zero attached hydrogens (tertiary/aromatic N) is 2. The molecule has 0 saturated heterocycles. The third kappa shape index (κ3) is 1.01. The minimum Gasteiger partial charge on any atom is -0.395 e. The van der Waals surface area contributed by atoms with Crippen LogP contribution < -0.4 is 0 Å². The highest BCUT2D eigenvalue weighted by atomic mass is 16.3. The summed E-state index contributed by atoms with van der Waals surface area (Å²) in [6, 6.07) is 1.90. The molecule has 1 saturated carbocycles. The molecule has 1 aromatic rings. The van der Waals surface area contributed by atoms with Gasteiger partial charge in [-0.1, -0.05) is 6.42 Å². The van der Waals surface area contributed by atoms with Crippen LogP contribution in [0.5, 0.6) is 0 Å². The van der Waals surface area contributed by atoms with E-state index >= 15 is 0 Å². The molecular weight excluding hydrogens is 152 g/mol. The van der Waals surface area contributed by atoms with Crippen LogP contribution in [0, 0.1) is 0 Å². The van der Waals surface area contributed by atoms with Gasteiger partial charge in [-0.2, -0.15) is 0 Å². The summed E-state index contributed by atoms with van der Waals surface area (Å²) in [5.74, 6) is 0. The molecule has 3 nitrogen and oxygen atoms in total. The number of aliphatic hydroxyl groups excluding tert-OH is 1. The maximum Gasteiger partial charge on any atom is 0.115 e. The summed E-state index contributed by atoms with van der Waals surface area (Å²) in [6.07, 6.45) is 6.59. The average molecular weight is 164 g/mol. The number of hydrogen-bond donors (Lipinski definition) is 1. The monoisotopic (exact) mass is 164 g/mol. The molecule has 0 bridgehead atoms. The van der Waals surface area contributed by atoms with Crippen molar-refractivity contribution in [2.75, 3.05) is 6.61 Å². The summed E-state index contributed by atoms with van der Waals surface area (Å²) in [5, 5.41) is 9.23. The number of aromatic nitrogens is 2. The van der Waals surface area contributed by atoms with Crippen LogP contribution in [0.1, 0.15) is 25.0 Å². The first-order valence-corrected chi connectivity index (χ1v) is 4.25. The summed E-state index contributed by atoms with van der Waals surface area (Å²) < 4.78 is 0. The molecule has 2 rings (SSSR count). The summed E-state index contributed by atoms with van der Waals surface area (Å²) in [7, 11) is 0. The van der Waals surface area contributed by atoms with Gasteiger partial charge in [0.25, 0.3) is 0 Å². The molecule has 1 aromatic heterocycles. The van der Waals surface area contributed by atoms with E-state index in [4.69, 9.17) is 0 Å². The molecule has 0 unspecified atom stereocenters. The van der Waals surface area contributed by atoms with Crippen LogP contribution >= 0.6 is 0 Å². The van der Waals surface area contributed by atoms with Gasteiger partial charge in [0, 0.05) is 11.6 Å². The smallest absolute Gasteiger partial charge is 0.115 e. The summed E-state index contributed by atoms with van der Waals surface area (Å²) >= 11 is 0. The highest BCUT2D eigenvalue weighted by Crippen LogP contribution is 2.41. The van der Waals surface area contributed by atoms with Crippen LogP contribution in [0.3, 0.4) is 0 Å². The Morgan fingerprint density at radius 1 is 1.50 bits per heavy atom. The third-order valence-electron chi connectivity index (χ3n) is 2.74. The number of hydrogen-bond acceptors (Lipinski definition) is 3. The van der Waals surface area contributed by atoms with E-state index in [1.807, 2.05) is 6.07 Å². The van der Waals surface area contributed by atoms with E-state index in [9.17, 15) is 5.11 Å². The van der Waals surface area contributed by atoms with Gasteiger partial charge in [0.15, 0.2) is 0 Å². The maximum absolute atomic E-state index is 9.23. The number of rotatable bonds is 2. The van der Waals surface area contributed by atoms with E-state index in [1.165, 1.54) is 6.42 Å². The lowest BCUT2D eigenvalue weighted by Gasteiger charge is -2.39. The average Bonchev–Trinajstić information content (AvgIpc) is 2.05. The highest BCUT2D eigenvalue weighted by Gasteiger charge is 2.39. The zero-order chi connectivity index (χ0) is 8.44. The van der Waals surface area contributed by atoms with Gasteiger partial charge in [0.2, 0.25) is 0 Å². The number of aliphatic hydroxyl groups is 1. The maximum atomic E-state index is 9.23. The fourth-order valence-electron chi connectivity index (χ4n) is 1.70. The Labute approximate surface area is 71.5 Å². The standard InChI is InChI=1S/C9H12N2O/c12-6-9(3-1-4-9)8-2-5-10-7-11-8/h2,5,7,12H,1,3-4,6H2. The molecule has 0 aliphatic heterocycles. The minimum absolute atomic E-state index is 0.0387. The third-order valence-corrected chi connectivity index (χ3v) is 2.74. The predicted molar refractivity (Wildman–Crippen MR) is 44.6 cm³/mol. The Balaban J connectivity index is 2.28. The molecule has 1 heterocycles.